The Bertz CT molecular complexity index is 413. The second-order valence-electron chi connectivity index (χ2n) is 4.58. The number of carbonyl (C=O) groups is 2. The van der Waals surface area contributed by atoms with Gasteiger partial charge in [-0.25, -0.2) is 0 Å². The van der Waals surface area contributed by atoms with Crippen LogP contribution in [0.15, 0.2) is 30.3 Å². The zero-order valence-corrected chi connectivity index (χ0v) is 10.3. The van der Waals surface area contributed by atoms with E-state index in [1.807, 2.05) is 30.3 Å². The zero-order chi connectivity index (χ0) is 12.8. The van der Waals surface area contributed by atoms with Crippen molar-refractivity contribution in [3.63, 3.8) is 0 Å². The fourth-order valence-electron chi connectivity index (χ4n) is 1.70. The van der Waals surface area contributed by atoms with E-state index in [1.54, 1.807) is 0 Å². The normalized spacial score (nSPS) is 14.0. The topological polar surface area (TPSA) is 58.2 Å². The highest BCUT2D eigenvalue weighted by atomic mass is 16.2. The van der Waals surface area contributed by atoms with Gasteiger partial charge >= 0.3 is 0 Å². The largest absolute Gasteiger partial charge is 0.356 e. The maximum Gasteiger partial charge on any atom is 0.224 e. The summed E-state index contributed by atoms with van der Waals surface area (Å²) in [5.41, 5.74) is 0.810. The molecule has 0 aliphatic heterocycles. The van der Waals surface area contributed by atoms with Gasteiger partial charge in [0.1, 0.15) is 0 Å². The Kier molecular flexibility index (Phi) is 4.34. The predicted molar refractivity (Wildman–Crippen MR) is 70.0 cm³/mol. The molecule has 1 aromatic rings. The summed E-state index contributed by atoms with van der Waals surface area (Å²) in [4.78, 5) is 22.9. The summed E-state index contributed by atoms with van der Waals surface area (Å²) in [6, 6.07) is 9.37. The molecular weight excluding hydrogens is 228 g/mol. The van der Waals surface area contributed by atoms with Gasteiger partial charge < -0.3 is 10.6 Å². The van der Waals surface area contributed by atoms with Crippen LogP contribution in [-0.4, -0.2) is 18.4 Å². The molecule has 0 heterocycles. The molecule has 0 aromatic heterocycles. The lowest BCUT2D eigenvalue weighted by atomic mass is 10.2. The van der Waals surface area contributed by atoms with Crippen molar-refractivity contribution in [2.24, 2.45) is 5.92 Å². The van der Waals surface area contributed by atoms with Crippen LogP contribution in [0, 0.1) is 5.92 Å². The molecule has 96 valence electrons. The van der Waals surface area contributed by atoms with Crippen molar-refractivity contribution in [3.8, 4) is 0 Å². The molecule has 0 bridgehead atoms. The number of amides is 2. The first-order valence-electron chi connectivity index (χ1n) is 6.38. The van der Waals surface area contributed by atoms with Gasteiger partial charge in [-0.2, -0.15) is 0 Å². The number of rotatable bonds is 6. The van der Waals surface area contributed by atoms with Crippen molar-refractivity contribution in [3.05, 3.63) is 30.3 Å². The molecule has 1 aromatic carbocycles. The van der Waals surface area contributed by atoms with E-state index in [0.717, 1.165) is 18.5 Å². The Balaban J connectivity index is 1.58. The quantitative estimate of drug-likeness (QED) is 0.753. The maximum atomic E-state index is 11.6. The van der Waals surface area contributed by atoms with Crippen LogP contribution in [0.3, 0.4) is 0 Å². The maximum absolute atomic E-state index is 11.6. The minimum absolute atomic E-state index is 0.0122. The van der Waals surface area contributed by atoms with Gasteiger partial charge in [0.2, 0.25) is 11.8 Å². The molecule has 4 heteroatoms. The summed E-state index contributed by atoms with van der Waals surface area (Å²) in [6.07, 6.45) is 3.14. The van der Waals surface area contributed by atoms with Crippen LogP contribution in [0.5, 0.6) is 0 Å². The van der Waals surface area contributed by atoms with Crippen LogP contribution >= 0.6 is 0 Å². The molecule has 0 spiro atoms. The molecule has 0 saturated heterocycles. The van der Waals surface area contributed by atoms with Crippen molar-refractivity contribution in [2.45, 2.75) is 25.7 Å². The third-order valence-electron chi connectivity index (χ3n) is 2.89. The van der Waals surface area contributed by atoms with Crippen molar-refractivity contribution >= 4 is 17.5 Å². The molecule has 0 radical (unpaired) electrons. The Morgan fingerprint density at radius 3 is 2.56 bits per heavy atom. The third kappa shape index (κ3) is 4.20. The minimum atomic E-state index is -0.0122. The standard InChI is InChI=1S/C14H18N2O2/c17-13(16-12-5-2-1-3-6-12)7-4-10-15-14(18)11-8-9-11/h1-3,5-6,11H,4,7-10H2,(H,15,18)(H,16,17). The number of nitrogens with one attached hydrogen (secondary N) is 2. The van der Waals surface area contributed by atoms with E-state index in [-0.39, 0.29) is 17.7 Å². The monoisotopic (exact) mass is 246 g/mol. The second kappa shape index (κ2) is 6.19. The number of carbonyl (C=O) groups excluding carboxylic acids is 2. The SMILES string of the molecule is O=C(CCCNC(=O)C1CC1)Nc1ccccc1. The van der Waals surface area contributed by atoms with Crippen LogP contribution in [-0.2, 0) is 9.59 Å². The molecule has 18 heavy (non-hydrogen) atoms. The van der Waals surface area contributed by atoms with Gasteiger partial charge in [0.25, 0.3) is 0 Å². The summed E-state index contributed by atoms with van der Waals surface area (Å²) in [7, 11) is 0. The smallest absolute Gasteiger partial charge is 0.224 e. The molecule has 0 unspecified atom stereocenters. The molecule has 2 N–H and O–H groups in total. The molecule has 2 rings (SSSR count). The molecule has 1 aliphatic carbocycles. The molecular formula is C14H18N2O2. The van der Waals surface area contributed by atoms with Crippen LogP contribution in [0.25, 0.3) is 0 Å². The lowest BCUT2D eigenvalue weighted by Gasteiger charge is -2.06. The van der Waals surface area contributed by atoms with E-state index >= 15 is 0 Å². The molecule has 1 aliphatic rings. The highest BCUT2D eigenvalue weighted by Gasteiger charge is 2.28. The van der Waals surface area contributed by atoms with Gasteiger partial charge in [-0.05, 0) is 31.4 Å². The summed E-state index contributed by atoms with van der Waals surface area (Å²) >= 11 is 0. The zero-order valence-electron chi connectivity index (χ0n) is 10.3. The van der Waals surface area contributed by atoms with Crippen molar-refractivity contribution in [1.29, 1.82) is 0 Å². The first-order valence-corrected chi connectivity index (χ1v) is 6.38. The average molecular weight is 246 g/mol. The van der Waals surface area contributed by atoms with E-state index in [1.165, 1.54) is 0 Å². The number of para-hydroxylation sites is 1. The van der Waals surface area contributed by atoms with E-state index in [0.29, 0.717) is 19.4 Å². The molecule has 2 amide bonds. The summed E-state index contributed by atoms with van der Waals surface area (Å²) < 4.78 is 0. The van der Waals surface area contributed by atoms with Gasteiger partial charge in [0, 0.05) is 24.6 Å². The Morgan fingerprint density at radius 2 is 1.89 bits per heavy atom. The van der Waals surface area contributed by atoms with E-state index in [9.17, 15) is 9.59 Å². The second-order valence-corrected chi connectivity index (χ2v) is 4.58. The number of hydrogen-bond donors (Lipinski definition) is 2. The van der Waals surface area contributed by atoms with Crippen LogP contribution in [0.2, 0.25) is 0 Å². The summed E-state index contributed by atoms with van der Waals surface area (Å²) in [5.74, 6) is 0.364. The Labute approximate surface area is 107 Å². The summed E-state index contributed by atoms with van der Waals surface area (Å²) in [5, 5.41) is 5.66. The van der Waals surface area contributed by atoms with Gasteiger partial charge in [-0.15, -0.1) is 0 Å². The molecule has 1 saturated carbocycles. The van der Waals surface area contributed by atoms with Crippen LogP contribution < -0.4 is 10.6 Å². The highest BCUT2D eigenvalue weighted by Crippen LogP contribution is 2.28. The average Bonchev–Trinajstić information content (AvgIpc) is 3.20. The number of hydrogen-bond acceptors (Lipinski definition) is 2. The number of anilines is 1. The van der Waals surface area contributed by atoms with Gasteiger partial charge in [0.05, 0.1) is 0 Å². The lowest BCUT2D eigenvalue weighted by Crippen LogP contribution is -2.26. The first-order chi connectivity index (χ1) is 8.75. The van der Waals surface area contributed by atoms with Crippen molar-refractivity contribution < 1.29 is 9.59 Å². The van der Waals surface area contributed by atoms with Crippen molar-refractivity contribution in [2.75, 3.05) is 11.9 Å². The Morgan fingerprint density at radius 1 is 1.17 bits per heavy atom. The van der Waals surface area contributed by atoms with Gasteiger partial charge in [-0.3, -0.25) is 9.59 Å². The first kappa shape index (κ1) is 12.6. The van der Waals surface area contributed by atoms with Crippen LogP contribution in [0.1, 0.15) is 25.7 Å². The van der Waals surface area contributed by atoms with Crippen LogP contribution in [0.4, 0.5) is 5.69 Å². The fraction of sp³-hybridized carbons (Fsp3) is 0.429. The van der Waals surface area contributed by atoms with Crippen molar-refractivity contribution in [1.82, 2.24) is 5.32 Å². The third-order valence-corrected chi connectivity index (χ3v) is 2.89. The van der Waals surface area contributed by atoms with E-state index < -0.39 is 0 Å². The summed E-state index contributed by atoms with van der Waals surface area (Å²) in [6.45, 7) is 0.581. The van der Waals surface area contributed by atoms with E-state index in [2.05, 4.69) is 10.6 Å². The fourth-order valence-corrected chi connectivity index (χ4v) is 1.70. The van der Waals surface area contributed by atoms with Gasteiger partial charge in [-0.1, -0.05) is 18.2 Å². The lowest BCUT2D eigenvalue weighted by molar-refractivity contribution is -0.122. The minimum Gasteiger partial charge on any atom is -0.356 e. The Hall–Kier alpha value is -1.84. The predicted octanol–water partition coefficient (Wildman–Crippen LogP) is 1.93. The van der Waals surface area contributed by atoms with E-state index in [4.69, 9.17) is 0 Å². The molecule has 4 nitrogen and oxygen atoms in total. The highest BCUT2D eigenvalue weighted by molar-refractivity contribution is 5.90. The molecule has 0 atom stereocenters. The number of benzene rings is 1. The van der Waals surface area contributed by atoms with Gasteiger partial charge in [0.15, 0.2) is 0 Å². The molecule has 1 fully saturated rings.